The molecular weight excluding hydrogens is 424 g/mol. The Bertz CT molecular complexity index is 1810. The monoisotopic (exact) mass is 442 g/mol. The summed E-state index contributed by atoms with van der Waals surface area (Å²) in [6.07, 6.45) is 0. The van der Waals surface area contributed by atoms with Crippen LogP contribution in [0.1, 0.15) is 0 Å². The lowest BCUT2D eigenvalue weighted by molar-refractivity contribution is 1.17. The summed E-state index contributed by atoms with van der Waals surface area (Å²) in [5, 5.41) is 5.62. The molecule has 0 aliphatic heterocycles. The zero-order chi connectivity index (χ0) is 21.9. The molecule has 0 unspecified atom stereocenters. The predicted molar refractivity (Wildman–Crippen MR) is 140 cm³/mol. The van der Waals surface area contributed by atoms with Crippen molar-refractivity contribution in [1.82, 2.24) is 9.13 Å². The summed E-state index contributed by atoms with van der Waals surface area (Å²) in [6, 6.07) is 40.5. The minimum Gasteiger partial charge on any atom is -0.309 e. The highest BCUT2D eigenvalue weighted by Crippen LogP contribution is 2.42. The van der Waals surface area contributed by atoms with E-state index in [9.17, 15) is 0 Å². The number of aromatic nitrogens is 2. The first-order valence-corrected chi connectivity index (χ1v) is 11.5. The largest absolute Gasteiger partial charge is 0.309 e. The van der Waals surface area contributed by atoms with Crippen LogP contribution in [0.25, 0.3) is 55.0 Å². The van der Waals surface area contributed by atoms with E-state index in [0.29, 0.717) is 0 Å². The van der Waals surface area contributed by atoms with E-state index in [-0.39, 0.29) is 0 Å². The van der Waals surface area contributed by atoms with E-state index in [2.05, 4.69) is 118 Å². The molecule has 0 radical (unpaired) electrons. The predicted octanol–water partition coefficient (Wildman–Crippen LogP) is 8.53. The number of rotatable bonds is 2. The Morgan fingerprint density at radius 1 is 0.455 bits per heavy atom. The quantitative estimate of drug-likeness (QED) is 0.254. The topological polar surface area (TPSA) is 9.86 Å². The number of fused-ring (bicyclic) bond motifs is 7. The van der Waals surface area contributed by atoms with Gasteiger partial charge in [-0.3, -0.25) is 0 Å². The molecule has 0 saturated heterocycles. The van der Waals surface area contributed by atoms with Gasteiger partial charge in [-0.05, 0) is 54.6 Å². The molecule has 7 aromatic rings. The van der Waals surface area contributed by atoms with Crippen molar-refractivity contribution in [3.63, 3.8) is 0 Å². The number of nitrogens with zero attached hydrogens (tertiary/aromatic N) is 2. The zero-order valence-corrected chi connectivity index (χ0v) is 18.5. The lowest BCUT2D eigenvalue weighted by atomic mass is 10.1. The van der Waals surface area contributed by atoms with Gasteiger partial charge in [-0.1, -0.05) is 72.3 Å². The summed E-state index contributed by atoms with van der Waals surface area (Å²) in [4.78, 5) is 0. The smallest absolute Gasteiger partial charge is 0.0641 e. The molecular formula is C30H19ClN2. The molecule has 0 aliphatic carbocycles. The molecule has 2 nitrogen and oxygen atoms in total. The number of hydrogen-bond donors (Lipinski definition) is 0. The van der Waals surface area contributed by atoms with Gasteiger partial charge in [0.25, 0.3) is 0 Å². The molecule has 0 amide bonds. The number of para-hydroxylation sites is 3. The molecule has 2 aromatic heterocycles. The first-order valence-electron chi connectivity index (χ1n) is 11.1. The Kier molecular flexibility index (Phi) is 3.93. The van der Waals surface area contributed by atoms with Crippen LogP contribution in [0.3, 0.4) is 0 Å². The van der Waals surface area contributed by atoms with Gasteiger partial charge < -0.3 is 9.13 Å². The fourth-order valence-electron chi connectivity index (χ4n) is 5.23. The maximum Gasteiger partial charge on any atom is 0.0641 e. The van der Waals surface area contributed by atoms with Gasteiger partial charge in [-0.2, -0.15) is 0 Å². The second-order valence-corrected chi connectivity index (χ2v) is 8.81. The van der Waals surface area contributed by atoms with E-state index in [1.165, 1.54) is 38.1 Å². The Labute approximate surface area is 195 Å². The average molecular weight is 443 g/mol. The van der Waals surface area contributed by atoms with Crippen LogP contribution in [-0.2, 0) is 0 Å². The van der Waals surface area contributed by atoms with Gasteiger partial charge in [0.05, 0.1) is 22.1 Å². The van der Waals surface area contributed by atoms with Crippen molar-refractivity contribution in [2.45, 2.75) is 0 Å². The first kappa shape index (κ1) is 18.6. The van der Waals surface area contributed by atoms with Gasteiger partial charge in [-0.15, -0.1) is 0 Å². The van der Waals surface area contributed by atoms with Crippen molar-refractivity contribution in [1.29, 1.82) is 0 Å². The molecule has 156 valence electrons. The molecule has 0 spiro atoms. The second-order valence-electron chi connectivity index (χ2n) is 8.38. The highest BCUT2D eigenvalue weighted by molar-refractivity contribution is 6.32. The summed E-state index contributed by atoms with van der Waals surface area (Å²) >= 11 is 6.46. The SMILES string of the molecule is Clc1ccc2c(c1)c1ccc3c(c4ccccc4n3-c3ccccc3)c1n2-c1ccccc1. The lowest BCUT2D eigenvalue weighted by Crippen LogP contribution is -1.95. The molecule has 0 bridgehead atoms. The molecule has 0 N–H and O–H groups in total. The van der Waals surface area contributed by atoms with Crippen molar-refractivity contribution in [2.75, 3.05) is 0 Å². The first-order chi connectivity index (χ1) is 16.3. The number of hydrogen-bond acceptors (Lipinski definition) is 0. The summed E-state index contributed by atoms with van der Waals surface area (Å²) < 4.78 is 4.75. The Balaban J connectivity index is 1.77. The third kappa shape index (κ3) is 2.62. The third-order valence-electron chi connectivity index (χ3n) is 6.55. The highest BCUT2D eigenvalue weighted by atomic mass is 35.5. The Hall–Kier alpha value is -4.01. The Morgan fingerprint density at radius 3 is 1.82 bits per heavy atom. The second kappa shape index (κ2) is 6.99. The summed E-state index contributed by atoms with van der Waals surface area (Å²) in [6.45, 7) is 0. The maximum absolute atomic E-state index is 6.46. The summed E-state index contributed by atoms with van der Waals surface area (Å²) in [7, 11) is 0. The fraction of sp³-hybridized carbons (Fsp3) is 0. The van der Waals surface area contributed by atoms with Crippen molar-refractivity contribution in [3.8, 4) is 11.4 Å². The van der Waals surface area contributed by atoms with Crippen LogP contribution in [0.2, 0.25) is 5.02 Å². The molecule has 0 atom stereocenters. The van der Waals surface area contributed by atoms with Crippen LogP contribution in [0, 0.1) is 0 Å². The molecule has 33 heavy (non-hydrogen) atoms. The third-order valence-corrected chi connectivity index (χ3v) is 6.79. The minimum absolute atomic E-state index is 0.751. The van der Waals surface area contributed by atoms with Gasteiger partial charge in [0, 0.05) is 37.9 Å². The van der Waals surface area contributed by atoms with E-state index >= 15 is 0 Å². The summed E-state index contributed by atoms with van der Waals surface area (Å²) in [5.74, 6) is 0. The van der Waals surface area contributed by atoms with Crippen molar-refractivity contribution >= 4 is 55.2 Å². The van der Waals surface area contributed by atoms with Gasteiger partial charge in [0.15, 0.2) is 0 Å². The van der Waals surface area contributed by atoms with Crippen molar-refractivity contribution < 1.29 is 0 Å². The molecule has 0 aliphatic rings. The van der Waals surface area contributed by atoms with Crippen LogP contribution in [-0.4, -0.2) is 9.13 Å². The maximum atomic E-state index is 6.46. The van der Waals surface area contributed by atoms with Crippen molar-refractivity contribution in [3.05, 3.63) is 120 Å². The van der Waals surface area contributed by atoms with Gasteiger partial charge in [-0.25, -0.2) is 0 Å². The number of benzene rings is 5. The van der Waals surface area contributed by atoms with Crippen LogP contribution in [0.15, 0.2) is 115 Å². The van der Waals surface area contributed by atoms with Crippen LogP contribution >= 0.6 is 11.6 Å². The molecule has 5 aromatic carbocycles. The molecule has 3 heteroatoms. The fourth-order valence-corrected chi connectivity index (χ4v) is 5.40. The Morgan fingerprint density at radius 2 is 1.06 bits per heavy atom. The molecule has 0 fully saturated rings. The summed E-state index contributed by atoms with van der Waals surface area (Å²) in [5.41, 5.74) is 7.07. The van der Waals surface area contributed by atoms with Gasteiger partial charge in [0.1, 0.15) is 0 Å². The van der Waals surface area contributed by atoms with E-state index in [0.717, 1.165) is 21.9 Å². The van der Waals surface area contributed by atoms with Crippen molar-refractivity contribution in [2.24, 2.45) is 0 Å². The normalized spacial score (nSPS) is 11.8. The minimum atomic E-state index is 0.751. The molecule has 0 saturated carbocycles. The zero-order valence-electron chi connectivity index (χ0n) is 17.7. The number of halogens is 1. The van der Waals surface area contributed by atoms with Gasteiger partial charge in [0.2, 0.25) is 0 Å². The highest BCUT2D eigenvalue weighted by Gasteiger charge is 2.20. The standard InChI is InChI=1S/C30H19ClN2/c31-20-15-17-27-25(19-20)23-16-18-28-29(30(23)33(27)22-11-5-2-6-12-22)24-13-7-8-14-26(24)32(28)21-9-3-1-4-10-21/h1-19H. The van der Waals surface area contributed by atoms with Gasteiger partial charge >= 0.3 is 0 Å². The van der Waals surface area contributed by atoms with Crippen LogP contribution < -0.4 is 0 Å². The van der Waals surface area contributed by atoms with Crippen LogP contribution in [0.5, 0.6) is 0 Å². The van der Waals surface area contributed by atoms with E-state index in [4.69, 9.17) is 11.6 Å². The van der Waals surface area contributed by atoms with Crippen LogP contribution in [0.4, 0.5) is 0 Å². The lowest BCUT2D eigenvalue weighted by Gasteiger charge is -2.10. The van der Waals surface area contributed by atoms with E-state index in [1.807, 2.05) is 6.07 Å². The van der Waals surface area contributed by atoms with E-state index < -0.39 is 0 Å². The molecule has 7 rings (SSSR count). The average Bonchev–Trinajstić information content (AvgIpc) is 3.37. The molecule has 2 heterocycles. The van der Waals surface area contributed by atoms with E-state index in [1.54, 1.807) is 0 Å².